The van der Waals surface area contributed by atoms with Crippen LogP contribution in [0.4, 0.5) is 0 Å². The van der Waals surface area contributed by atoms with Crippen molar-refractivity contribution in [3.05, 3.63) is 41.7 Å². The zero-order valence-corrected chi connectivity index (χ0v) is 14.7. The molecule has 1 atom stereocenters. The molecule has 1 heterocycles. The molecule has 1 aromatic carbocycles. The zero-order valence-electron chi connectivity index (χ0n) is 13.1. The number of thioether (sulfide) groups is 1. The third-order valence-corrected chi connectivity index (χ3v) is 5.23. The monoisotopic (exact) mass is 321 g/mol. The van der Waals surface area contributed by atoms with E-state index in [0.29, 0.717) is 6.04 Å². The van der Waals surface area contributed by atoms with E-state index in [2.05, 4.69) is 66.6 Å². The van der Waals surface area contributed by atoms with E-state index in [-0.39, 0.29) is 5.41 Å². The summed E-state index contributed by atoms with van der Waals surface area (Å²) >= 11 is 3.22. The van der Waals surface area contributed by atoms with Crippen molar-refractivity contribution in [1.82, 2.24) is 14.7 Å². The van der Waals surface area contributed by atoms with Crippen molar-refractivity contribution in [3.63, 3.8) is 0 Å². The summed E-state index contributed by atoms with van der Waals surface area (Å²) in [7, 11) is 0. The molecule has 1 N–H and O–H groups in total. The lowest BCUT2D eigenvalue weighted by molar-refractivity contribution is 0.584. The lowest BCUT2D eigenvalue weighted by Crippen LogP contribution is -2.23. The van der Waals surface area contributed by atoms with Gasteiger partial charge < -0.3 is 5.32 Å². The van der Waals surface area contributed by atoms with Crippen LogP contribution in [-0.2, 0) is 5.41 Å². The Balaban J connectivity index is 2.06. The van der Waals surface area contributed by atoms with Crippen molar-refractivity contribution in [1.29, 1.82) is 0 Å². The van der Waals surface area contributed by atoms with E-state index in [0.717, 1.165) is 16.6 Å². The highest BCUT2D eigenvalue weighted by Crippen LogP contribution is 2.27. The third-order valence-electron chi connectivity index (χ3n) is 3.34. The Labute approximate surface area is 135 Å². The number of rotatable bonds is 6. The Hall–Kier alpha value is -0.910. The molecule has 0 aliphatic heterocycles. The predicted octanol–water partition coefficient (Wildman–Crippen LogP) is 4.28. The average molecular weight is 322 g/mol. The largest absolute Gasteiger partial charge is 0.309 e. The lowest BCUT2D eigenvalue weighted by atomic mass is 9.86. The van der Waals surface area contributed by atoms with Gasteiger partial charge in [-0.2, -0.15) is 4.37 Å². The Morgan fingerprint density at radius 2 is 1.95 bits per heavy atom. The van der Waals surface area contributed by atoms with Gasteiger partial charge in [-0.1, -0.05) is 63.7 Å². The first-order valence-electron chi connectivity index (χ1n) is 7.24. The molecule has 0 radical (unpaired) electrons. The maximum absolute atomic E-state index is 4.23. The summed E-state index contributed by atoms with van der Waals surface area (Å²) in [5, 5.41) is 3.56. The zero-order chi connectivity index (χ0) is 15.3. The van der Waals surface area contributed by atoms with Gasteiger partial charge >= 0.3 is 0 Å². The maximum atomic E-state index is 4.23. The summed E-state index contributed by atoms with van der Waals surface area (Å²) in [5.41, 5.74) is 2.91. The van der Waals surface area contributed by atoms with Crippen molar-refractivity contribution < 1.29 is 0 Å². The Morgan fingerprint density at radius 1 is 1.24 bits per heavy atom. The fourth-order valence-corrected chi connectivity index (χ4v) is 3.68. The summed E-state index contributed by atoms with van der Waals surface area (Å²) in [4.78, 5) is 4.23. The number of hydrogen-bond donors (Lipinski definition) is 1. The van der Waals surface area contributed by atoms with Crippen molar-refractivity contribution in [3.8, 4) is 0 Å². The second-order valence-corrected chi connectivity index (χ2v) is 8.05. The second-order valence-electron chi connectivity index (χ2n) is 6.00. The minimum atomic E-state index is 0.202. The quantitative estimate of drug-likeness (QED) is 0.806. The van der Waals surface area contributed by atoms with Gasteiger partial charge in [0.05, 0.1) is 0 Å². The molecule has 0 saturated carbocycles. The van der Waals surface area contributed by atoms with Gasteiger partial charge in [0.1, 0.15) is 6.33 Å². The maximum Gasteiger partial charge on any atom is 0.169 e. The molecule has 0 aliphatic rings. The van der Waals surface area contributed by atoms with Crippen molar-refractivity contribution >= 4 is 23.3 Å². The third kappa shape index (κ3) is 4.80. The van der Waals surface area contributed by atoms with Crippen LogP contribution >= 0.6 is 23.3 Å². The van der Waals surface area contributed by atoms with Crippen LogP contribution in [0, 0.1) is 0 Å². The minimum Gasteiger partial charge on any atom is -0.309 e. The molecule has 0 amide bonds. The van der Waals surface area contributed by atoms with Crippen LogP contribution in [0.15, 0.2) is 34.9 Å². The molecule has 5 heteroatoms. The molecule has 2 aromatic rings. The van der Waals surface area contributed by atoms with Crippen LogP contribution in [0.1, 0.15) is 44.9 Å². The molecule has 0 saturated heterocycles. The van der Waals surface area contributed by atoms with E-state index in [1.807, 2.05) is 0 Å². The van der Waals surface area contributed by atoms with Crippen LogP contribution < -0.4 is 5.32 Å². The summed E-state index contributed by atoms with van der Waals surface area (Å²) < 4.78 is 5.08. The standard InChI is InChI=1S/C16H23N3S2/c1-5-17-14(10-20-15-18-11-19-21-15)12-6-8-13(9-7-12)16(2,3)4/h6-9,11,14,17H,5,10H2,1-4H3. The fourth-order valence-electron chi connectivity index (χ4n) is 2.12. The van der Waals surface area contributed by atoms with Crippen molar-refractivity contribution in [2.24, 2.45) is 0 Å². The number of nitrogens with zero attached hydrogens (tertiary/aromatic N) is 2. The van der Waals surface area contributed by atoms with Crippen LogP contribution in [0.25, 0.3) is 0 Å². The molecular formula is C16H23N3S2. The summed E-state index contributed by atoms with van der Waals surface area (Å²) in [5.74, 6) is 0.970. The average Bonchev–Trinajstić information content (AvgIpc) is 2.96. The van der Waals surface area contributed by atoms with E-state index in [1.54, 1.807) is 18.1 Å². The highest BCUT2D eigenvalue weighted by molar-refractivity contribution is 8.00. The van der Waals surface area contributed by atoms with Crippen LogP contribution in [0.5, 0.6) is 0 Å². The van der Waals surface area contributed by atoms with Gasteiger partial charge in [-0.3, -0.25) is 0 Å². The molecule has 21 heavy (non-hydrogen) atoms. The minimum absolute atomic E-state index is 0.202. The van der Waals surface area contributed by atoms with E-state index in [4.69, 9.17) is 0 Å². The highest BCUT2D eigenvalue weighted by Gasteiger charge is 2.16. The fraction of sp³-hybridized carbons (Fsp3) is 0.500. The topological polar surface area (TPSA) is 37.8 Å². The molecule has 0 aliphatic carbocycles. The van der Waals surface area contributed by atoms with Gasteiger partial charge in [-0.05, 0) is 34.6 Å². The Morgan fingerprint density at radius 3 is 2.48 bits per heavy atom. The Kier molecular flexibility index (Phi) is 5.79. The second kappa shape index (κ2) is 7.38. The molecular weight excluding hydrogens is 298 g/mol. The highest BCUT2D eigenvalue weighted by atomic mass is 32.2. The predicted molar refractivity (Wildman–Crippen MR) is 92.2 cm³/mol. The normalized spacial score (nSPS) is 13.3. The first kappa shape index (κ1) is 16.5. The molecule has 0 fully saturated rings. The van der Waals surface area contributed by atoms with Gasteiger partial charge in [-0.15, -0.1) is 0 Å². The SMILES string of the molecule is CCNC(CSc1ncns1)c1ccc(C(C)(C)C)cc1. The summed E-state index contributed by atoms with van der Waals surface area (Å²) in [6, 6.07) is 9.33. The first-order chi connectivity index (χ1) is 10.0. The van der Waals surface area contributed by atoms with E-state index < -0.39 is 0 Å². The number of hydrogen-bond acceptors (Lipinski definition) is 5. The van der Waals surface area contributed by atoms with Crippen molar-refractivity contribution in [2.75, 3.05) is 12.3 Å². The van der Waals surface area contributed by atoms with E-state index in [9.17, 15) is 0 Å². The Bertz CT molecular complexity index is 530. The van der Waals surface area contributed by atoms with Gasteiger partial charge in [-0.25, -0.2) is 4.98 Å². The molecule has 114 valence electrons. The number of nitrogens with one attached hydrogen (secondary N) is 1. The molecule has 1 unspecified atom stereocenters. The van der Waals surface area contributed by atoms with Gasteiger partial charge in [0.2, 0.25) is 0 Å². The molecule has 1 aromatic heterocycles. The van der Waals surface area contributed by atoms with Crippen LogP contribution in [-0.4, -0.2) is 21.7 Å². The molecule has 0 spiro atoms. The van der Waals surface area contributed by atoms with E-state index in [1.165, 1.54) is 22.7 Å². The first-order valence-corrected chi connectivity index (χ1v) is 9.00. The molecule has 3 nitrogen and oxygen atoms in total. The lowest BCUT2D eigenvalue weighted by Gasteiger charge is -2.22. The molecule has 2 rings (SSSR count). The van der Waals surface area contributed by atoms with E-state index >= 15 is 0 Å². The van der Waals surface area contributed by atoms with Crippen LogP contribution in [0.3, 0.4) is 0 Å². The smallest absolute Gasteiger partial charge is 0.169 e. The molecule has 0 bridgehead atoms. The van der Waals surface area contributed by atoms with Crippen LogP contribution in [0.2, 0.25) is 0 Å². The summed E-state index contributed by atoms with van der Waals surface area (Å²) in [6.45, 7) is 9.84. The van der Waals surface area contributed by atoms with Gasteiger partial charge in [0.25, 0.3) is 0 Å². The van der Waals surface area contributed by atoms with Gasteiger partial charge in [0.15, 0.2) is 4.34 Å². The van der Waals surface area contributed by atoms with Crippen molar-refractivity contribution in [2.45, 2.75) is 43.5 Å². The number of benzene rings is 1. The summed E-state index contributed by atoms with van der Waals surface area (Å²) in [6.07, 6.45) is 1.62. The number of aromatic nitrogens is 2. The van der Waals surface area contributed by atoms with Gasteiger partial charge in [0, 0.05) is 11.8 Å².